The summed E-state index contributed by atoms with van der Waals surface area (Å²) < 4.78 is 1.71. The number of nitrogens with zero attached hydrogens (tertiary/aromatic N) is 1. The van der Waals surface area contributed by atoms with E-state index in [4.69, 9.17) is 0 Å². The molecule has 76 valence electrons. The highest BCUT2D eigenvalue weighted by atomic mass is 16.1. The molecule has 0 bridgehead atoms. The highest BCUT2D eigenvalue weighted by molar-refractivity contribution is 5.07. The fraction of sp³-hybridized carbons (Fsp3) is 0.364. The Balaban J connectivity index is 2.55. The van der Waals surface area contributed by atoms with Crippen LogP contribution >= 0.6 is 0 Å². The highest BCUT2D eigenvalue weighted by Crippen LogP contribution is 1.88. The molecule has 3 heteroatoms. The van der Waals surface area contributed by atoms with Gasteiger partial charge in [-0.05, 0) is 13.0 Å². The van der Waals surface area contributed by atoms with Gasteiger partial charge in [0.25, 0.3) is 5.56 Å². The first-order valence-electron chi connectivity index (χ1n) is 4.73. The topological polar surface area (TPSA) is 34.0 Å². The molecule has 3 nitrogen and oxygen atoms in total. The number of hydrogen-bond donors (Lipinski definition) is 1. The lowest BCUT2D eigenvalue weighted by Crippen LogP contribution is -2.27. The van der Waals surface area contributed by atoms with Crippen LogP contribution in [-0.4, -0.2) is 17.7 Å². The predicted octanol–water partition coefficient (Wildman–Crippen LogP) is 0.932. The SMILES string of the molecule is C=CCNCCn1cccc(C)c1=O. The monoisotopic (exact) mass is 192 g/mol. The van der Waals surface area contributed by atoms with E-state index in [0.29, 0.717) is 6.54 Å². The lowest BCUT2D eigenvalue weighted by molar-refractivity contribution is 0.607. The van der Waals surface area contributed by atoms with E-state index in [1.54, 1.807) is 10.6 Å². The van der Waals surface area contributed by atoms with Crippen molar-refractivity contribution in [1.82, 2.24) is 9.88 Å². The lowest BCUT2D eigenvalue weighted by atomic mass is 10.3. The van der Waals surface area contributed by atoms with Gasteiger partial charge in [-0.3, -0.25) is 4.79 Å². The van der Waals surface area contributed by atoms with Crippen molar-refractivity contribution in [3.63, 3.8) is 0 Å². The first kappa shape index (κ1) is 10.7. The summed E-state index contributed by atoms with van der Waals surface area (Å²) in [6, 6.07) is 3.72. The second-order valence-corrected chi connectivity index (χ2v) is 3.18. The number of pyridine rings is 1. The summed E-state index contributed by atoms with van der Waals surface area (Å²) in [5.74, 6) is 0. The lowest BCUT2D eigenvalue weighted by Gasteiger charge is -2.06. The van der Waals surface area contributed by atoms with Gasteiger partial charge in [0, 0.05) is 31.4 Å². The summed E-state index contributed by atoms with van der Waals surface area (Å²) in [5.41, 5.74) is 0.879. The van der Waals surface area contributed by atoms with Gasteiger partial charge in [0.15, 0.2) is 0 Å². The van der Waals surface area contributed by atoms with Crippen LogP contribution in [0.2, 0.25) is 0 Å². The van der Waals surface area contributed by atoms with Gasteiger partial charge in [-0.25, -0.2) is 0 Å². The van der Waals surface area contributed by atoms with E-state index in [9.17, 15) is 4.79 Å². The van der Waals surface area contributed by atoms with E-state index in [1.165, 1.54) is 0 Å². The van der Waals surface area contributed by atoms with Gasteiger partial charge >= 0.3 is 0 Å². The van der Waals surface area contributed by atoms with Crippen molar-refractivity contribution in [2.24, 2.45) is 0 Å². The van der Waals surface area contributed by atoms with Crippen LogP contribution in [0.15, 0.2) is 35.8 Å². The standard InChI is InChI=1S/C11H16N2O/c1-3-6-12-7-9-13-8-4-5-10(2)11(13)14/h3-5,8,12H,1,6-7,9H2,2H3. The van der Waals surface area contributed by atoms with Gasteiger partial charge in [-0.1, -0.05) is 12.1 Å². The third-order valence-electron chi connectivity index (χ3n) is 2.03. The molecule has 0 aliphatic carbocycles. The van der Waals surface area contributed by atoms with Crippen LogP contribution in [-0.2, 0) is 6.54 Å². The number of nitrogens with one attached hydrogen (secondary N) is 1. The van der Waals surface area contributed by atoms with Gasteiger partial charge in [-0.15, -0.1) is 6.58 Å². The molecule has 0 fully saturated rings. The van der Waals surface area contributed by atoms with Crippen LogP contribution in [0.5, 0.6) is 0 Å². The second kappa shape index (κ2) is 5.40. The Bertz CT molecular complexity index is 355. The summed E-state index contributed by atoms with van der Waals surface area (Å²) >= 11 is 0. The zero-order chi connectivity index (χ0) is 10.4. The van der Waals surface area contributed by atoms with Crippen molar-refractivity contribution >= 4 is 0 Å². The second-order valence-electron chi connectivity index (χ2n) is 3.18. The Morgan fingerprint density at radius 2 is 2.43 bits per heavy atom. The molecule has 0 unspecified atom stereocenters. The summed E-state index contributed by atoms with van der Waals surface area (Å²) in [6.07, 6.45) is 3.62. The Morgan fingerprint density at radius 3 is 3.14 bits per heavy atom. The average Bonchev–Trinajstić information content (AvgIpc) is 2.19. The van der Waals surface area contributed by atoms with Crippen LogP contribution in [0.4, 0.5) is 0 Å². The first-order chi connectivity index (χ1) is 6.75. The van der Waals surface area contributed by atoms with Crippen molar-refractivity contribution < 1.29 is 0 Å². The van der Waals surface area contributed by atoms with E-state index >= 15 is 0 Å². The Kier molecular flexibility index (Phi) is 4.13. The molecule has 14 heavy (non-hydrogen) atoms. The third kappa shape index (κ3) is 2.85. The van der Waals surface area contributed by atoms with Gasteiger partial charge in [-0.2, -0.15) is 0 Å². The molecule has 0 saturated heterocycles. The number of aromatic nitrogens is 1. The summed E-state index contributed by atoms with van der Waals surface area (Å²) in [5, 5.41) is 3.15. The van der Waals surface area contributed by atoms with Gasteiger partial charge in [0.05, 0.1) is 0 Å². The zero-order valence-corrected chi connectivity index (χ0v) is 8.49. The molecule has 0 aliphatic heterocycles. The molecule has 0 saturated carbocycles. The van der Waals surface area contributed by atoms with Crippen LogP contribution in [0.1, 0.15) is 5.56 Å². The van der Waals surface area contributed by atoms with Gasteiger partial charge in [0.1, 0.15) is 0 Å². The maximum absolute atomic E-state index is 11.5. The number of hydrogen-bond acceptors (Lipinski definition) is 2. The van der Waals surface area contributed by atoms with Crippen molar-refractivity contribution in [3.8, 4) is 0 Å². The molecule has 0 amide bonds. The van der Waals surface area contributed by atoms with Crippen LogP contribution < -0.4 is 10.9 Å². The van der Waals surface area contributed by atoms with E-state index in [0.717, 1.165) is 18.7 Å². The van der Waals surface area contributed by atoms with Crippen LogP contribution in [0, 0.1) is 6.92 Å². The summed E-state index contributed by atoms with van der Waals surface area (Å²) in [7, 11) is 0. The molecule has 0 spiro atoms. The minimum atomic E-state index is 0.0907. The molecule has 0 radical (unpaired) electrons. The van der Waals surface area contributed by atoms with Crippen molar-refractivity contribution in [2.75, 3.05) is 13.1 Å². The summed E-state index contributed by atoms with van der Waals surface area (Å²) in [6.45, 7) is 7.70. The van der Waals surface area contributed by atoms with E-state index in [2.05, 4.69) is 11.9 Å². The molecule has 0 aromatic carbocycles. The normalized spacial score (nSPS) is 10.1. The van der Waals surface area contributed by atoms with E-state index < -0.39 is 0 Å². The largest absolute Gasteiger partial charge is 0.314 e. The van der Waals surface area contributed by atoms with Crippen molar-refractivity contribution in [3.05, 3.63) is 46.9 Å². The smallest absolute Gasteiger partial charge is 0.253 e. The van der Waals surface area contributed by atoms with E-state index in [-0.39, 0.29) is 5.56 Å². The van der Waals surface area contributed by atoms with Crippen LogP contribution in [0.25, 0.3) is 0 Å². The average molecular weight is 192 g/mol. The molecule has 1 rings (SSSR count). The van der Waals surface area contributed by atoms with E-state index in [1.807, 2.05) is 25.3 Å². The fourth-order valence-corrected chi connectivity index (χ4v) is 1.24. The van der Waals surface area contributed by atoms with Gasteiger partial charge < -0.3 is 9.88 Å². The summed E-state index contributed by atoms with van der Waals surface area (Å²) in [4.78, 5) is 11.5. The molecular weight excluding hydrogens is 176 g/mol. The molecular formula is C11H16N2O. The molecule has 1 aromatic rings. The number of aryl methyl sites for hydroxylation is 1. The Morgan fingerprint density at radius 1 is 1.64 bits per heavy atom. The Labute approximate surface area is 84.1 Å². The van der Waals surface area contributed by atoms with Crippen molar-refractivity contribution in [2.45, 2.75) is 13.5 Å². The van der Waals surface area contributed by atoms with Gasteiger partial charge in [0.2, 0.25) is 0 Å². The Hall–Kier alpha value is -1.35. The van der Waals surface area contributed by atoms with Crippen LogP contribution in [0.3, 0.4) is 0 Å². The zero-order valence-electron chi connectivity index (χ0n) is 8.49. The number of rotatable bonds is 5. The molecule has 0 atom stereocenters. The van der Waals surface area contributed by atoms with Crippen molar-refractivity contribution in [1.29, 1.82) is 0 Å². The molecule has 1 N–H and O–H groups in total. The molecule has 1 heterocycles. The molecule has 1 aromatic heterocycles. The predicted molar refractivity (Wildman–Crippen MR) is 58.5 cm³/mol. The minimum Gasteiger partial charge on any atom is -0.314 e. The quantitative estimate of drug-likeness (QED) is 0.556. The first-order valence-corrected chi connectivity index (χ1v) is 4.73. The minimum absolute atomic E-state index is 0.0907. The fourth-order valence-electron chi connectivity index (χ4n) is 1.24. The maximum atomic E-state index is 11.5. The third-order valence-corrected chi connectivity index (χ3v) is 2.03. The highest BCUT2D eigenvalue weighted by Gasteiger charge is 1.96. The molecule has 0 aliphatic rings. The maximum Gasteiger partial charge on any atom is 0.253 e.